The van der Waals surface area contributed by atoms with Crippen LogP contribution in [0.2, 0.25) is 0 Å². The first-order chi connectivity index (χ1) is 11.7. The Morgan fingerprint density at radius 1 is 0.667 bits per heavy atom. The number of ether oxygens (including phenoxy) is 2. The summed E-state index contributed by atoms with van der Waals surface area (Å²) in [4.78, 5) is 27.0. The molecule has 4 amide bonds. The molecule has 24 heavy (non-hydrogen) atoms. The van der Waals surface area contributed by atoms with Crippen molar-refractivity contribution < 1.29 is 19.1 Å². The lowest BCUT2D eigenvalue weighted by Crippen LogP contribution is -2.64. The zero-order valence-electron chi connectivity index (χ0n) is 13.6. The van der Waals surface area contributed by atoms with Crippen molar-refractivity contribution in [2.75, 3.05) is 23.0 Å². The monoisotopic (exact) mass is 326 g/mol. The third-order valence-electron chi connectivity index (χ3n) is 3.58. The maximum Gasteiger partial charge on any atom is 0.345 e. The maximum atomic E-state index is 12.4. The molecular weight excluding hydrogens is 308 g/mol. The fourth-order valence-electron chi connectivity index (χ4n) is 2.48. The van der Waals surface area contributed by atoms with E-state index in [1.165, 1.54) is 0 Å². The van der Waals surface area contributed by atoms with E-state index in [9.17, 15) is 9.59 Å². The number of hydrogen-bond donors (Lipinski definition) is 0. The second-order valence-electron chi connectivity index (χ2n) is 5.09. The van der Waals surface area contributed by atoms with Gasteiger partial charge in [0.15, 0.2) is 0 Å². The van der Waals surface area contributed by atoms with Crippen LogP contribution >= 0.6 is 0 Å². The van der Waals surface area contributed by atoms with E-state index >= 15 is 0 Å². The van der Waals surface area contributed by atoms with Gasteiger partial charge in [-0.3, -0.25) is 0 Å². The minimum Gasteiger partial charge on any atom is -0.494 e. The Hall–Kier alpha value is -3.02. The average Bonchev–Trinajstić information content (AvgIpc) is 2.59. The van der Waals surface area contributed by atoms with Crippen LogP contribution in [0.3, 0.4) is 0 Å². The number of nitrogens with zero attached hydrogens (tertiary/aromatic N) is 2. The number of imide groups is 2. The Bertz CT molecular complexity index is 663. The number of anilines is 2. The van der Waals surface area contributed by atoms with E-state index in [0.29, 0.717) is 36.1 Å². The number of carbonyl (C=O) groups is 2. The van der Waals surface area contributed by atoms with Gasteiger partial charge in [0.1, 0.15) is 11.5 Å². The van der Waals surface area contributed by atoms with Gasteiger partial charge in [0, 0.05) is 0 Å². The summed E-state index contributed by atoms with van der Waals surface area (Å²) in [6.07, 6.45) is 0. The number of benzene rings is 2. The number of hydrogen-bond acceptors (Lipinski definition) is 4. The highest BCUT2D eigenvalue weighted by atomic mass is 16.5. The molecule has 2 aromatic rings. The van der Waals surface area contributed by atoms with Gasteiger partial charge >= 0.3 is 12.1 Å². The molecular formula is C18H18N2O4. The van der Waals surface area contributed by atoms with Crippen LogP contribution in [-0.4, -0.2) is 25.3 Å². The predicted octanol–water partition coefficient (Wildman–Crippen LogP) is 4.05. The maximum absolute atomic E-state index is 12.4. The minimum atomic E-state index is -0.381. The van der Waals surface area contributed by atoms with Gasteiger partial charge in [-0.1, -0.05) is 0 Å². The van der Waals surface area contributed by atoms with Gasteiger partial charge in [0.2, 0.25) is 0 Å². The lowest BCUT2D eigenvalue weighted by atomic mass is 10.2. The quantitative estimate of drug-likeness (QED) is 0.803. The molecule has 1 aliphatic heterocycles. The van der Waals surface area contributed by atoms with Crippen molar-refractivity contribution in [3.05, 3.63) is 48.5 Å². The van der Waals surface area contributed by atoms with Crippen molar-refractivity contribution in [2.24, 2.45) is 0 Å². The summed E-state index contributed by atoms with van der Waals surface area (Å²) in [6.45, 7) is 4.91. The minimum absolute atomic E-state index is 0.381. The van der Waals surface area contributed by atoms with Crippen LogP contribution in [0.5, 0.6) is 11.5 Å². The molecule has 1 saturated heterocycles. The lowest BCUT2D eigenvalue weighted by molar-refractivity contribution is 0.226. The smallest absolute Gasteiger partial charge is 0.345 e. The standard InChI is InChI=1S/C18H18N2O4/c1-3-23-15-9-5-13(6-10-15)19-17(21)20(18(19)22)14-7-11-16(12-8-14)24-4-2/h5-12H,3-4H2,1-2H3. The molecule has 0 aromatic heterocycles. The molecule has 0 unspecified atom stereocenters. The molecule has 1 heterocycles. The normalized spacial score (nSPS) is 13.8. The fourth-order valence-corrected chi connectivity index (χ4v) is 2.48. The Kier molecular flexibility index (Phi) is 4.37. The molecule has 3 rings (SSSR count). The molecule has 0 radical (unpaired) electrons. The summed E-state index contributed by atoms with van der Waals surface area (Å²) in [6, 6.07) is 12.9. The number of carbonyl (C=O) groups excluding carboxylic acids is 2. The second-order valence-corrected chi connectivity index (χ2v) is 5.09. The van der Waals surface area contributed by atoms with Crippen LogP contribution in [0.15, 0.2) is 48.5 Å². The summed E-state index contributed by atoms with van der Waals surface area (Å²) in [5.41, 5.74) is 1.05. The van der Waals surface area contributed by atoms with E-state index in [4.69, 9.17) is 9.47 Å². The van der Waals surface area contributed by atoms with E-state index in [2.05, 4.69) is 0 Å². The topological polar surface area (TPSA) is 59.1 Å². The lowest BCUT2D eigenvalue weighted by Gasteiger charge is -2.38. The Morgan fingerprint density at radius 3 is 1.29 bits per heavy atom. The summed E-state index contributed by atoms with van der Waals surface area (Å²) < 4.78 is 10.7. The molecule has 0 bridgehead atoms. The largest absolute Gasteiger partial charge is 0.494 e. The Morgan fingerprint density at radius 2 is 1.00 bits per heavy atom. The molecule has 124 valence electrons. The Balaban J connectivity index is 1.74. The van der Waals surface area contributed by atoms with Crippen LogP contribution in [0.25, 0.3) is 0 Å². The van der Waals surface area contributed by atoms with Crippen molar-refractivity contribution in [1.82, 2.24) is 0 Å². The van der Waals surface area contributed by atoms with Crippen LogP contribution < -0.4 is 19.3 Å². The molecule has 2 aromatic carbocycles. The van der Waals surface area contributed by atoms with E-state index in [0.717, 1.165) is 9.80 Å². The van der Waals surface area contributed by atoms with Crippen molar-refractivity contribution in [3.8, 4) is 11.5 Å². The molecule has 0 aliphatic carbocycles. The number of urea groups is 2. The van der Waals surface area contributed by atoms with Crippen molar-refractivity contribution in [2.45, 2.75) is 13.8 Å². The van der Waals surface area contributed by atoms with E-state index in [-0.39, 0.29) is 12.1 Å². The molecule has 6 nitrogen and oxygen atoms in total. The molecule has 0 N–H and O–H groups in total. The van der Waals surface area contributed by atoms with Gasteiger partial charge in [0.25, 0.3) is 0 Å². The van der Waals surface area contributed by atoms with E-state index in [1.54, 1.807) is 48.5 Å². The third-order valence-corrected chi connectivity index (χ3v) is 3.58. The van der Waals surface area contributed by atoms with Gasteiger partial charge < -0.3 is 9.47 Å². The SMILES string of the molecule is CCOc1ccc(N2C(=O)N(c3ccc(OCC)cc3)C2=O)cc1. The van der Waals surface area contributed by atoms with Crippen LogP contribution in [0.1, 0.15) is 13.8 Å². The zero-order chi connectivity index (χ0) is 17.1. The van der Waals surface area contributed by atoms with Gasteiger partial charge in [-0.25, -0.2) is 19.4 Å². The first-order valence-electron chi connectivity index (χ1n) is 7.79. The first kappa shape index (κ1) is 15.9. The van der Waals surface area contributed by atoms with Gasteiger partial charge in [0.05, 0.1) is 24.6 Å². The molecule has 0 spiro atoms. The third kappa shape index (κ3) is 2.78. The van der Waals surface area contributed by atoms with Gasteiger partial charge in [-0.15, -0.1) is 0 Å². The summed E-state index contributed by atoms with van der Waals surface area (Å²) in [5, 5.41) is 0. The van der Waals surface area contributed by atoms with E-state index < -0.39 is 0 Å². The molecule has 0 saturated carbocycles. The van der Waals surface area contributed by atoms with Crippen molar-refractivity contribution in [1.29, 1.82) is 0 Å². The first-order valence-corrected chi connectivity index (χ1v) is 7.79. The molecule has 6 heteroatoms. The van der Waals surface area contributed by atoms with Crippen LogP contribution in [0.4, 0.5) is 21.0 Å². The highest BCUT2D eigenvalue weighted by molar-refractivity contribution is 6.41. The summed E-state index contributed by atoms with van der Waals surface area (Å²) >= 11 is 0. The highest BCUT2D eigenvalue weighted by Crippen LogP contribution is 2.32. The molecule has 0 atom stereocenters. The summed E-state index contributed by atoms with van der Waals surface area (Å²) in [7, 11) is 0. The summed E-state index contributed by atoms with van der Waals surface area (Å²) in [5.74, 6) is 1.40. The predicted molar refractivity (Wildman–Crippen MR) is 91.0 cm³/mol. The number of amides is 4. The zero-order valence-corrected chi connectivity index (χ0v) is 13.6. The van der Waals surface area contributed by atoms with Gasteiger partial charge in [-0.2, -0.15) is 0 Å². The number of rotatable bonds is 6. The Labute approximate surface area is 140 Å². The molecule has 1 aliphatic rings. The highest BCUT2D eigenvalue weighted by Gasteiger charge is 2.45. The van der Waals surface area contributed by atoms with Crippen LogP contribution in [-0.2, 0) is 0 Å². The van der Waals surface area contributed by atoms with Crippen LogP contribution in [0, 0.1) is 0 Å². The van der Waals surface area contributed by atoms with E-state index in [1.807, 2.05) is 13.8 Å². The van der Waals surface area contributed by atoms with Crippen molar-refractivity contribution >= 4 is 23.4 Å². The van der Waals surface area contributed by atoms with Gasteiger partial charge in [-0.05, 0) is 62.4 Å². The second kappa shape index (κ2) is 6.62. The average molecular weight is 326 g/mol. The molecule has 1 fully saturated rings. The van der Waals surface area contributed by atoms with Crippen molar-refractivity contribution in [3.63, 3.8) is 0 Å². The fraction of sp³-hybridized carbons (Fsp3) is 0.222.